The Balaban J connectivity index is 1.79. The van der Waals surface area contributed by atoms with E-state index in [2.05, 4.69) is 15.4 Å². The van der Waals surface area contributed by atoms with E-state index in [-0.39, 0.29) is 5.69 Å². The lowest BCUT2D eigenvalue weighted by Crippen LogP contribution is -2.03. The minimum atomic E-state index is -4.36. The van der Waals surface area contributed by atoms with Gasteiger partial charge in [0.15, 0.2) is 5.69 Å². The van der Waals surface area contributed by atoms with Gasteiger partial charge >= 0.3 is 6.18 Å². The molecule has 0 aliphatic heterocycles. The van der Waals surface area contributed by atoms with Crippen LogP contribution in [-0.2, 0) is 6.18 Å². The van der Waals surface area contributed by atoms with E-state index < -0.39 is 11.7 Å². The molecule has 0 atom stereocenters. The first-order chi connectivity index (χ1) is 12.5. The number of rotatable bonds is 2. The highest BCUT2D eigenvalue weighted by Crippen LogP contribution is 2.38. The van der Waals surface area contributed by atoms with Gasteiger partial charge in [0.2, 0.25) is 0 Å². The van der Waals surface area contributed by atoms with Gasteiger partial charge in [-0.1, -0.05) is 29.5 Å². The maximum Gasteiger partial charge on any atom is 0.416 e. The van der Waals surface area contributed by atoms with Gasteiger partial charge in [-0.25, -0.2) is 5.10 Å². The molecule has 0 fully saturated rings. The molecule has 2 heterocycles. The molecule has 0 bridgehead atoms. The lowest BCUT2D eigenvalue weighted by atomic mass is 10.1. The van der Waals surface area contributed by atoms with E-state index in [9.17, 15) is 13.2 Å². The summed E-state index contributed by atoms with van der Waals surface area (Å²) < 4.78 is 39.2. The van der Waals surface area contributed by atoms with Crippen molar-refractivity contribution in [2.75, 3.05) is 0 Å². The van der Waals surface area contributed by atoms with Crippen LogP contribution in [0.1, 0.15) is 11.3 Å². The van der Waals surface area contributed by atoms with Gasteiger partial charge in [-0.3, -0.25) is 0 Å². The van der Waals surface area contributed by atoms with E-state index in [1.54, 1.807) is 6.07 Å². The molecule has 0 amide bonds. The summed E-state index contributed by atoms with van der Waals surface area (Å²) in [4.78, 5) is 0.836. The lowest BCUT2D eigenvalue weighted by Gasteiger charge is -2.05. The summed E-state index contributed by atoms with van der Waals surface area (Å²) in [5.41, 5.74) is 1.59. The third kappa shape index (κ3) is 2.82. The molecule has 0 saturated carbocycles. The average Bonchev–Trinajstić information content (AvgIpc) is 3.27. The smallest absolute Gasteiger partial charge is 0.247 e. The number of nitrogens with zero attached hydrogens (tertiary/aromatic N) is 3. The van der Waals surface area contributed by atoms with Crippen LogP contribution >= 0.6 is 11.3 Å². The second kappa shape index (κ2) is 5.97. The number of hydrogen-bond donors (Lipinski definition) is 1. The molecule has 0 spiro atoms. The first kappa shape index (κ1) is 16.3. The topological polar surface area (TPSA) is 65.4 Å². The van der Waals surface area contributed by atoms with Crippen LogP contribution in [0, 0.1) is 11.3 Å². The zero-order valence-electron chi connectivity index (χ0n) is 13.0. The highest BCUT2D eigenvalue weighted by molar-refractivity contribution is 7.22. The molecule has 0 aliphatic rings. The zero-order chi connectivity index (χ0) is 18.3. The molecule has 4 rings (SSSR count). The number of benzene rings is 2. The maximum absolute atomic E-state index is 12.9. The fraction of sp³-hybridized carbons (Fsp3) is 0.0556. The van der Waals surface area contributed by atoms with Gasteiger partial charge in [-0.2, -0.15) is 18.4 Å². The first-order valence-electron chi connectivity index (χ1n) is 7.48. The first-order valence-corrected chi connectivity index (χ1v) is 8.30. The summed E-state index contributed by atoms with van der Waals surface area (Å²) in [7, 11) is 0. The van der Waals surface area contributed by atoms with Crippen LogP contribution in [0.5, 0.6) is 0 Å². The van der Waals surface area contributed by atoms with Crippen molar-refractivity contribution in [3.05, 3.63) is 59.8 Å². The average molecular weight is 370 g/mol. The Labute approximate surface area is 149 Å². The second-order valence-corrected chi connectivity index (χ2v) is 6.67. The molecule has 0 unspecified atom stereocenters. The Morgan fingerprint density at radius 3 is 2.62 bits per heavy atom. The minimum Gasteiger partial charge on any atom is -0.247 e. The zero-order valence-corrected chi connectivity index (χ0v) is 13.8. The van der Waals surface area contributed by atoms with Gasteiger partial charge in [0.05, 0.1) is 5.56 Å². The molecule has 1 N–H and O–H groups in total. The molecular weight excluding hydrogens is 361 g/mol. The highest BCUT2D eigenvalue weighted by Gasteiger charge is 2.30. The van der Waals surface area contributed by atoms with Crippen LogP contribution in [0.15, 0.2) is 48.5 Å². The number of nitrogens with one attached hydrogen (secondary N) is 1. The SMILES string of the molecule is N#Cc1[nH]nnc1-c1cccc(-c2cc3ccc(C(F)(F)F)cc3s2)c1. The summed E-state index contributed by atoms with van der Waals surface area (Å²) in [5.74, 6) is 0. The van der Waals surface area contributed by atoms with Crippen LogP contribution in [0.3, 0.4) is 0 Å². The Kier molecular flexibility index (Phi) is 3.74. The normalized spacial score (nSPS) is 11.6. The number of hydrogen-bond acceptors (Lipinski definition) is 4. The standard InChI is InChI=1S/C18H9F3N4S/c19-18(20,21)13-5-4-11-7-15(26-16(11)8-13)10-2-1-3-12(6-10)17-14(9-22)23-25-24-17/h1-8H,(H,23,24,25). The predicted molar refractivity (Wildman–Crippen MR) is 92.4 cm³/mol. The molecule has 8 heteroatoms. The Morgan fingerprint density at radius 2 is 1.85 bits per heavy atom. The van der Waals surface area contributed by atoms with Crippen LogP contribution in [0.25, 0.3) is 31.8 Å². The Bertz CT molecular complexity index is 1150. The maximum atomic E-state index is 12.9. The fourth-order valence-electron chi connectivity index (χ4n) is 2.68. The van der Waals surface area contributed by atoms with Crippen molar-refractivity contribution < 1.29 is 13.2 Å². The molecule has 4 aromatic rings. The van der Waals surface area contributed by atoms with Crippen LogP contribution < -0.4 is 0 Å². The number of alkyl halides is 3. The van der Waals surface area contributed by atoms with Gasteiger partial charge in [0, 0.05) is 15.1 Å². The molecule has 2 aromatic heterocycles. The largest absolute Gasteiger partial charge is 0.416 e. The molecular formula is C18H9F3N4S. The minimum absolute atomic E-state index is 0.258. The number of nitriles is 1. The summed E-state index contributed by atoms with van der Waals surface area (Å²) >= 11 is 1.29. The van der Waals surface area contributed by atoms with Crippen molar-refractivity contribution in [1.82, 2.24) is 15.4 Å². The van der Waals surface area contributed by atoms with Crippen LogP contribution in [-0.4, -0.2) is 15.4 Å². The van der Waals surface area contributed by atoms with Crippen molar-refractivity contribution >= 4 is 21.4 Å². The van der Waals surface area contributed by atoms with Crippen LogP contribution in [0.4, 0.5) is 13.2 Å². The lowest BCUT2D eigenvalue weighted by molar-refractivity contribution is -0.137. The van der Waals surface area contributed by atoms with Gasteiger partial charge in [0.25, 0.3) is 0 Å². The molecule has 0 radical (unpaired) electrons. The number of aromatic amines is 1. The summed E-state index contributed by atoms with van der Waals surface area (Å²) in [6.45, 7) is 0. The molecule has 128 valence electrons. The molecule has 4 nitrogen and oxygen atoms in total. The van der Waals surface area contributed by atoms with Crippen LogP contribution in [0.2, 0.25) is 0 Å². The Morgan fingerprint density at radius 1 is 1.04 bits per heavy atom. The van der Waals surface area contributed by atoms with Crippen molar-refractivity contribution in [3.8, 4) is 27.8 Å². The molecule has 0 aliphatic carbocycles. The number of fused-ring (bicyclic) bond motifs is 1. The fourth-order valence-corrected chi connectivity index (χ4v) is 3.78. The number of aromatic nitrogens is 3. The van der Waals surface area contributed by atoms with E-state index >= 15 is 0 Å². The summed E-state index contributed by atoms with van der Waals surface area (Å²) in [6, 6.07) is 14.9. The van der Waals surface area contributed by atoms with Crippen molar-refractivity contribution in [2.24, 2.45) is 0 Å². The van der Waals surface area contributed by atoms with Gasteiger partial charge < -0.3 is 0 Å². The van der Waals surface area contributed by atoms with Crippen molar-refractivity contribution in [1.29, 1.82) is 5.26 Å². The predicted octanol–water partition coefficient (Wildman–Crippen LogP) is 5.24. The van der Waals surface area contributed by atoms with Gasteiger partial charge in [-0.15, -0.1) is 16.4 Å². The van der Waals surface area contributed by atoms with Crippen molar-refractivity contribution in [2.45, 2.75) is 6.18 Å². The van der Waals surface area contributed by atoms with E-state index in [1.807, 2.05) is 30.3 Å². The van der Waals surface area contributed by atoms with E-state index in [4.69, 9.17) is 5.26 Å². The van der Waals surface area contributed by atoms with Gasteiger partial charge in [-0.05, 0) is 35.2 Å². The van der Waals surface area contributed by atoms with Crippen molar-refractivity contribution in [3.63, 3.8) is 0 Å². The number of thiophene rings is 1. The monoisotopic (exact) mass is 370 g/mol. The molecule has 26 heavy (non-hydrogen) atoms. The highest BCUT2D eigenvalue weighted by atomic mass is 32.1. The quantitative estimate of drug-likeness (QED) is 0.524. The van der Waals surface area contributed by atoms with E-state index in [0.29, 0.717) is 16.0 Å². The number of halogens is 3. The summed E-state index contributed by atoms with van der Waals surface area (Å²) in [6.07, 6.45) is -4.36. The molecule has 2 aromatic carbocycles. The second-order valence-electron chi connectivity index (χ2n) is 5.59. The number of H-pyrrole nitrogens is 1. The third-order valence-corrected chi connectivity index (χ3v) is 5.08. The van der Waals surface area contributed by atoms with E-state index in [0.717, 1.165) is 21.9 Å². The van der Waals surface area contributed by atoms with E-state index in [1.165, 1.54) is 23.5 Å². The van der Waals surface area contributed by atoms with Gasteiger partial charge in [0.1, 0.15) is 11.8 Å². The third-order valence-electron chi connectivity index (χ3n) is 3.93. The Hall–Kier alpha value is -3.18. The summed E-state index contributed by atoms with van der Waals surface area (Å²) in [5, 5.41) is 19.9. The molecule has 0 saturated heterocycles.